The molecule has 0 atom stereocenters. The number of alkyl halides is 1. The summed E-state index contributed by atoms with van der Waals surface area (Å²) in [5, 5.41) is 1.20. The van der Waals surface area contributed by atoms with E-state index in [9.17, 15) is 0 Å². The second-order valence-electron chi connectivity index (χ2n) is 2.66. The van der Waals surface area contributed by atoms with Crippen molar-refractivity contribution in [3.63, 3.8) is 0 Å². The summed E-state index contributed by atoms with van der Waals surface area (Å²) in [6.07, 6.45) is 0. The molecule has 1 heterocycles. The van der Waals surface area contributed by atoms with Crippen LogP contribution in [0.3, 0.4) is 0 Å². The van der Waals surface area contributed by atoms with E-state index in [4.69, 9.17) is 11.6 Å². The fourth-order valence-electron chi connectivity index (χ4n) is 1.19. The van der Waals surface area contributed by atoms with Crippen LogP contribution in [0.5, 0.6) is 0 Å². The van der Waals surface area contributed by atoms with Gasteiger partial charge in [0.25, 0.3) is 0 Å². The van der Waals surface area contributed by atoms with Crippen LogP contribution < -0.4 is 0 Å². The van der Waals surface area contributed by atoms with Gasteiger partial charge in [-0.15, -0.1) is 35.6 Å². The van der Waals surface area contributed by atoms with E-state index in [1.807, 2.05) is 12.1 Å². The Labute approximate surface area is 99.4 Å². The van der Waals surface area contributed by atoms with Crippen LogP contribution >= 0.6 is 51.5 Å². The Morgan fingerprint density at radius 1 is 1.46 bits per heavy atom. The highest BCUT2D eigenvalue weighted by molar-refractivity contribution is 9.10. The van der Waals surface area contributed by atoms with Crippen LogP contribution in [0.15, 0.2) is 27.6 Å². The maximum Gasteiger partial charge on any atom is 0.0568 e. The highest BCUT2D eigenvalue weighted by atomic mass is 79.9. The van der Waals surface area contributed by atoms with Gasteiger partial charge in [-0.25, -0.2) is 0 Å². The number of thiol groups is 1. The molecule has 0 amide bonds. The lowest BCUT2D eigenvalue weighted by Gasteiger charge is -1.95. The molecule has 2 aromatic rings. The van der Waals surface area contributed by atoms with E-state index < -0.39 is 0 Å². The fraction of sp³-hybridized carbons (Fsp3) is 0.111. The predicted molar refractivity (Wildman–Crippen MR) is 66.3 cm³/mol. The molecule has 2 rings (SSSR count). The van der Waals surface area contributed by atoms with Crippen molar-refractivity contribution in [1.29, 1.82) is 0 Å². The van der Waals surface area contributed by atoms with Crippen molar-refractivity contribution in [2.75, 3.05) is 0 Å². The summed E-state index contributed by atoms with van der Waals surface area (Å²) < 4.78 is 2.31. The lowest BCUT2D eigenvalue weighted by molar-refractivity contribution is 1.53. The van der Waals surface area contributed by atoms with E-state index in [1.54, 1.807) is 11.3 Å². The third-order valence-corrected chi connectivity index (χ3v) is 4.62. The van der Waals surface area contributed by atoms with Crippen LogP contribution in [0.1, 0.15) is 4.88 Å². The Hall–Kier alpha value is 0.300. The molecule has 0 aliphatic heterocycles. The van der Waals surface area contributed by atoms with Crippen molar-refractivity contribution in [2.24, 2.45) is 0 Å². The first kappa shape index (κ1) is 9.84. The second kappa shape index (κ2) is 3.81. The van der Waals surface area contributed by atoms with E-state index >= 15 is 0 Å². The van der Waals surface area contributed by atoms with Crippen LogP contribution in [0, 0.1) is 0 Å². The first-order valence-corrected chi connectivity index (χ1v) is 6.27. The summed E-state index contributed by atoms with van der Waals surface area (Å²) in [6, 6.07) is 6.11. The number of fused-ring (bicyclic) bond motifs is 1. The highest BCUT2D eigenvalue weighted by Gasteiger charge is 2.06. The normalized spacial score (nSPS) is 11.0. The Morgan fingerprint density at radius 3 is 2.85 bits per heavy atom. The number of rotatable bonds is 1. The molecule has 0 saturated carbocycles. The van der Waals surface area contributed by atoms with Gasteiger partial charge in [-0.2, -0.15) is 0 Å². The molecule has 13 heavy (non-hydrogen) atoms. The van der Waals surface area contributed by atoms with E-state index in [0.29, 0.717) is 5.88 Å². The molecule has 1 aromatic heterocycles. The van der Waals surface area contributed by atoms with E-state index in [2.05, 4.69) is 34.6 Å². The van der Waals surface area contributed by atoms with Crippen molar-refractivity contribution in [1.82, 2.24) is 0 Å². The Kier molecular flexibility index (Phi) is 2.88. The van der Waals surface area contributed by atoms with Crippen LogP contribution in [-0.2, 0) is 5.88 Å². The summed E-state index contributed by atoms with van der Waals surface area (Å²) >= 11 is 15.4. The monoisotopic (exact) mass is 292 g/mol. The zero-order valence-corrected chi connectivity index (χ0v) is 10.6. The van der Waals surface area contributed by atoms with Gasteiger partial charge in [0.05, 0.1) is 5.88 Å². The highest BCUT2D eigenvalue weighted by Crippen LogP contribution is 2.36. The quantitative estimate of drug-likeness (QED) is 0.572. The van der Waals surface area contributed by atoms with Gasteiger partial charge in [-0.1, -0.05) is 15.9 Å². The minimum Gasteiger partial charge on any atom is -0.142 e. The van der Waals surface area contributed by atoms with Crippen molar-refractivity contribution in [3.8, 4) is 0 Å². The minimum absolute atomic E-state index is 0.568. The molecule has 0 spiro atoms. The van der Waals surface area contributed by atoms with Gasteiger partial charge in [0.2, 0.25) is 0 Å². The van der Waals surface area contributed by atoms with Gasteiger partial charge in [0, 0.05) is 24.3 Å². The molecule has 1 aromatic carbocycles. The third-order valence-electron chi connectivity index (χ3n) is 1.79. The number of hydrogen-bond acceptors (Lipinski definition) is 2. The smallest absolute Gasteiger partial charge is 0.0568 e. The lowest BCUT2D eigenvalue weighted by Crippen LogP contribution is -1.68. The first-order valence-electron chi connectivity index (χ1n) is 3.68. The van der Waals surface area contributed by atoms with Gasteiger partial charge in [0.1, 0.15) is 0 Å². The number of hydrogen-bond donors (Lipinski definition) is 1. The fourth-order valence-corrected chi connectivity index (χ4v) is 3.29. The Bertz CT molecular complexity index is 411. The number of thiophene rings is 1. The minimum atomic E-state index is 0.568. The molecule has 68 valence electrons. The van der Waals surface area contributed by atoms with Crippen molar-refractivity contribution in [2.45, 2.75) is 10.8 Å². The van der Waals surface area contributed by atoms with E-state index in [0.717, 1.165) is 9.37 Å². The van der Waals surface area contributed by atoms with Gasteiger partial charge >= 0.3 is 0 Å². The zero-order valence-electron chi connectivity index (χ0n) is 6.55. The third kappa shape index (κ3) is 1.75. The first-order chi connectivity index (χ1) is 6.22. The van der Waals surface area contributed by atoms with Crippen LogP contribution in [0.25, 0.3) is 10.1 Å². The van der Waals surface area contributed by atoms with E-state index in [1.165, 1.54) is 15.0 Å². The average Bonchev–Trinajstić information content (AvgIpc) is 2.56. The molecular formula is C9H6BrClS2. The second-order valence-corrected chi connectivity index (χ2v) is 5.40. The van der Waals surface area contributed by atoms with Gasteiger partial charge < -0.3 is 0 Å². The molecule has 0 nitrogen and oxygen atoms in total. The maximum atomic E-state index is 5.77. The topological polar surface area (TPSA) is 0 Å². The predicted octanol–water partition coefficient (Wildman–Crippen LogP) is 4.69. The maximum absolute atomic E-state index is 5.77. The molecule has 0 unspecified atom stereocenters. The summed E-state index contributed by atoms with van der Waals surface area (Å²) in [5.41, 5.74) is 0. The van der Waals surface area contributed by atoms with Gasteiger partial charge in [-0.05, 0) is 18.2 Å². The van der Waals surface area contributed by atoms with Gasteiger partial charge in [0.15, 0.2) is 0 Å². The molecule has 0 radical (unpaired) electrons. The summed E-state index contributed by atoms with van der Waals surface area (Å²) in [4.78, 5) is 2.19. The molecule has 0 N–H and O–H groups in total. The van der Waals surface area contributed by atoms with Crippen LogP contribution in [-0.4, -0.2) is 0 Å². The van der Waals surface area contributed by atoms with Gasteiger partial charge in [-0.3, -0.25) is 0 Å². The van der Waals surface area contributed by atoms with Crippen molar-refractivity contribution < 1.29 is 0 Å². The largest absolute Gasteiger partial charge is 0.142 e. The summed E-state index contributed by atoms with van der Waals surface area (Å²) in [6.45, 7) is 0. The van der Waals surface area contributed by atoms with Crippen molar-refractivity contribution in [3.05, 3.63) is 27.5 Å². The summed E-state index contributed by atoms with van der Waals surface area (Å²) in [7, 11) is 0. The molecule has 4 heteroatoms. The SMILES string of the molecule is Sc1ccc(Br)c2cc(CCl)sc12. The van der Waals surface area contributed by atoms with Crippen LogP contribution in [0.2, 0.25) is 0 Å². The number of benzene rings is 1. The molecular weight excluding hydrogens is 288 g/mol. The lowest BCUT2D eigenvalue weighted by atomic mass is 10.2. The molecule has 0 fully saturated rings. The molecule has 0 aliphatic carbocycles. The van der Waals surface area contributed by atoms with Crippen LogP contribution in [0.4, 0.5) is 0 Å². The van der Waals surface area contributed by atoms with Crippen molar-refractivity contribution >= 4 is 61.6 Å². The molecule has 0 bridgehead atoms. The van der Waals surface area contributed by atoms with E-state index in [-0.39, 0.29) is 0 Å². The Balaban J connectivity index is 2.80. The summed E-state index contributed by atoms with van der Waals surface area (Å²) in [5.74, 6) is 0.568. The molecule has 0 saturated heterocycles. The Morgan fingerprint density at radius 2 is 2.23 bits per heavy atom. The number of halogens is 2. The molecule has 0 aliphatic rings. The zero-order chi connectivity index (χ0) is 9.42. The standard InChI is InChI=1S/C9H6BrClS2/c10-7-1-2-8(12)9-6(7)3-5(4-11)13-9/h1-3,12H,4H2. The average molecular weight is 294 g/mol.